The van der Waals surface area contributed by atoms with Crippen molar-refractivity contribution in [2.45, 2.75) is 83.8 Å². The van der Waals surface area contributed by atoms with E-state index in [-0.39, 0.29) is 18.9 Å². The Balaban J connectivity index is 4.60. The number of ether oxygens (including phenoxy) is 1. The molecule has 0 fully saturated rings. The smallest absolute Gasteiger partial charge is 0.326 e. The van der Waals surface area contributed by atoms with Crippen molar-refractivity contribution in [3.05, 3.63) is 0 Å². The third kappa shape index (κ3) is 9.27. The Morgan fingerprint density at radius 3 is 2.17 bits per heavy atom. The third-order valence-electron chi connectivity index (χ3n) is 4.07. The molecule has 2 N–H and O–H groups in total. The molecule has 2 unspecified atom stereocenters. The molecule has 0 aromatic heterocycles. The average molecular weight is 352 g/mol. The van der Waals surface area contributed by atoms with E-state index >= 15 is 0 Å². The second-order valence-electron chi connectivity index (χ2n) is 5.97. The summed E-state index contributed by atoms with van der Waals surface area (Å²) in [6.45, 7) is 6.46. The molecule has 0 rings (SSSR count). The summed E-state index contributed by atoms with van der Waals surface area (Å²) in [4.78, 5) is 12.2. The molecular formula is C16H33NO5S. The molecule has 0 radical (unpaired) electrons. The molecular weight excluding hydrogens is 318 g/mol. The second-order valence-corrected chi connectivity index (χ2v) is 7.72. The molecule has 0 spiro atoms. The van der Waals surface area contributed by atoms with Crippen LogP contribution in [0.15, 0.2) is 0 Å². The van der Waals surface area contributed by atoms with Crippen LogP contribution in [0.2, 0.25) is 0 Å². The van der Waals surface area contributed by atoms with Crippen molar-refractivity contribution < 1.29 is 22.2 Å². The summed E-state index contributed by atoms with van der Waals surface area (Å²) < 4.78 is 33.0. The number of unbranched alkanes of at least 4 members (excludes halogenated alkanes) is 4. The van der Waals surface area contributed by atoms with Gasteiger partial charge < -0.3 is 4.74 Å². The first kappa shape index (κ1) is 22.3. The van der Waals surface area contributed by atoms with Crippen molar-refractivity contribution >= 4 is 16.1 Å². The van der Waals surface area contributed by atoms with Gasteiger partial charge >= 0.3 is 5.97 Å². The minimum Gasteiger partial charge on any atom is -0.464 e. The van der Waals surface area contributed by atoms with Crippen LogP contribution in [-0.2, 0) is 23.9 Å². The lowest BCUT2D eigenvalue weighted by Crippen LogP contribution is -2.35. The Hall–Kier alpha value is -0.660. The summed E-state index contributed by atoms with van der Waals surface area (Å²) in [5.74, 6) is 4.34. The fourth-order valence-electron chi connectivity index (χ4n) is 2.39. The van der Waals surface area contributed by atoms with Crippen LogP contribution in [0.5, 0.6) is 0 Å². The Labute approximate surface area is 141 Å². The molecule has 0 saturated heterocycles. The Kier molecular flexibility index (Phi) is 12.4. The van der Waals surface area contributed by atoms with Gasteiger partial charge in [-0.05, 0) is 18.8 Å². The molecule has 2 atom stereocenters. The first-order valence-electron chi connectivity index (χ1n) is 8.71. The van der Waals surface area contributed by atoms with Gasteiger partial charge in [-0.1, -0.05) is 65.7 Å². The van der Waals surface area contributed by atoms with Gasteiger partial charge in [-0.25, -0.2) is 0 Å². The summed E-state index contributed by atoms with van der Waals surface area (Å²) in [6, 6.07) is 0. The van der Waals surface area contributed by atoms with E-state index in [1.54, 1.807) is 0 Å². The van der Waals surface area contributed by atoms with E-state index in [2.05, 4.69) is 18.1 Å². The van der Waals surface area contributed by atoms with Crippen LogP contribution in [-0.4, -0.2) is 26.2 Å². The summed E-state index contributed by atoms with van der Waals surface area (Å²) in [5.41, 5.74) is 0. The number of carbonyl (C=O) groups excluding carboxylic acids is 1. The molecule has 0 saturated carbocycles. The fraction of sp³-hybridized carbons (Fsp3) is 0.938. The van der Waals surface area contributed by atoms with Gasteiger partial charge in [-0.15, -0.1) is 0 Å². The second kappa shape index (κ2) is 12.7. The van der Waals surface area contributed by atoms with Crippen LogP contribution in [0, 0.1) is 5.92 Å². The number of esters is 1. The van der Waals surface area contributed by atoms with Crippen molar-refractivity contribution in [2.75, 3.05) is 6.61 Å². The Morgan fingerprint density at radius 2 is 1.65 bits per heavy atom. The summed E-state index contributed by atoms with van der Waals surface area (Å²) in [5, 5.41) is -1.33. The molecule has 0 bridgehead atoms. The van der Waals surface area contributed by atoms with Crippen molar-refractivity contribution in [1.82, 2.24) is 0 Å². The van der Waals surface area contributed by atoms with E-state index in [0.717, 1.165) is 44.9 Å². The quantitative estimate of drug-likeness (QED) is 0.293. The van der Waals surface area contributed by atoms with Gasteiger partial charge in [0, 0.05) is 0 Å². The number of rotatable bonds is 14. The summed E-state index contributed by atoms with van der Waals surface area (Å²) in [6.07, 6.45) is 7.74. The van der Waals surface area contributed by atoms with Crippen molar-refractivity contribution in [3.63, 3.8) is 0 Å². The number of carbonyl (C=O) groups is 1. The third-order valence-corrected chi connectivity index (χ3v) is 5.46. The van der Waals surface area contributed by atoms with Gasteiger partial charge in [0.05, 0.1) is 6.61 Å². The van der Waals surface area contributed by atoms with E-state index in [4.69, 9.17) is 10.6 Å². The van der Waals surface area contributed by atoms with E-state index in [1.165, 1.54) is 0 Å². The zero-order valence-corrected chi connectivity index (χ0v) is 15.6. The lowest BCUT2D eigenvalue weighted by molar-refractivity contribution is -0.145. The van der Waals surface area contributed by atoms with Crippen LogP contribution in [0.4, 0.5) is 0 Å². The molecule has 0 heterocycles. The molecule has 0 aromatic carbocycles. The average Bonchev–Trinajstić information content (AvgIpc) is 2.54. The monoisotopic (exact) mass is 351 g/mol. The van der Waals surface area contributed by atoms with Crippen LogP contribution in [0.1, 0.15) is 78.6 Å². The van der Waals surface area contributed by atoms with Crippen LogP contribution >= 0.6 is 0 Å². The molecule has 7 heteroatoms. The minimum atomic E-state index is -4.12. The highest BCUT2D eigenvalue weighted by Crippen LogP contribution is 2.17. The van der Waals surface area contributed by atoms with Gasteiger partial charge in [0.1, 0.15) is 0 Å². The zero-order chi connectivity index (χ0) is 17.7. The maximum absolute atomic E-state index is 12.2. The zero-order valence-electron chi connectivity index (χ0n) is 14.8. The molecule has 0 aromatic rings. The van der Waals surface area contributed by atoms with E-state index < -0.39 is 21.3 Å². The van der Waals surface area contributed by atoms with Crippen LogP contribution in [0.3, 0.4) is 0 Å². The van der Waals surface area contributed by atoms with Gasteiger partial charge in [0.25, 0.3) is 10.1 Å². The van der Waals surface area contributed by atoms with Crippen molar-refractivity contribution in [3.8, 4) is 0 Å². The normalized spacial score (nSPS) is 14.4. The number of nitrogens with two attached hydrogens (primary N) is 1. The summed E-state index contributed by atoms with van der Waals surface area (Å²) in [7, 11) is -4.12. The minimum absolute atomic E-state index is 0.185. The van der Waals surface area contributed by atoms with E-state index in [1.807, 2.05) is 6.92 Å². The van der Waals surface area contributed by atoms with Crippen LogP contribution in [0.25, 0.3) is 0 Å². The SMILES string of the molecule is CCCCCCC(C(=O)OCC(CC)CCCC)S(=O)(=O)ON. The lowest BCUT2D eigenvalue weighted by atomic mass is 10.0. The Morgan fingerprint density at radius 1 is 1.00 bits per heavy atom. The van der Waals surface area contributed by atoms with Gasteiger partial charge in [0.15, 0.2) is 5.25 Å². The maximum atomic E-state index is 12.2. The lowest BCUT2D eigenvalue weighted by Gasteiger charge is -2.18. The number of hydrogen-bond acceptors (Lipinski definition) is 6. The topological polar surface area (TPSA) is 95.7 Å². The molecule has 138 valence electrons. The highest BCUT2D eigenvalue weighted by molar-refractivity contribution is 7.88. The molecule has 6 nitrogen and oxygen atoms in total. The van der Waals surface area contributed by atoms with Crippen molar-refractivity contribution in [1.29, 1.82) is 0 Å². The Bertz CT molecular complexity index is 411. The largest absolute Gasteiger partial charge is 0.464 e. The number of hydrogen-bond donors (Lipinski definition) is 1. The molecule has 0 aliphatic rings. The molecule has 23 heavy (non-hydrogen) atoms. The fourth-order valence-corrected chi connectivity index (χ4v) is 3.29. The highest BCUT2D eigenvalue weighted by Gasteiger charge is 2.34. The predicted octanol–water partition coefficient (Wildman–Crippen LogP) is 3.31. The molecule has 0 aliphatic carbocycles. The first-order chi connectivity index (χ1) is 10.9. The summed E-state index contributed by atoms with van der Waals surface area (Å²) >= 11 is 0. The molecule has 0 aliphatic heterocycles. The first-order valence-corrected chi connectivity index (χ1v) is 10.2. The maximum Gasteiger partial charge on any atom is 0.326 e. The standard InChI is InChI=1S/C16H33NO5S/c1-4-7-9-10-12-15(23(19,20)22-17)16(18)21-13-14(6-3)11-8-5-2/h14-15H,4-13,17H2,1-3H3. The van der Waals surface area contributed by atoms with E-state index in [9.17, 15) is 13.2 Å². The van der Waals surface area contributed by atoms with Crippen LogP contribution < -0.4 is 5.90 Å². The van der Waals surface area contributed by atoms with Gasteiger partial charge in [-0.3, -0.25) is 4.79 Å². The molecule has 0 amide bonds. The van der Waals surface area contributed by atoms with Gasteiger partial charge in [-0.2, -0.15) is 18.6 Å². The van der Waals surface area contributed by atoms with Gasteiger partial charge in [0.2, 0.25) is 0 Å². The highest BCUT2D eigenvalue weighted by atomic mass is 32.2. The van der Waals surface area contributed by atoms with E-state index in [0.29, 0.717) is 6.42 Å². The predicted molar refractivity (Wildman–Crippen MR) is 91.0 cm³/mol. The van der Waals surface area contributed by atoms with Crippen molar-refractivity contribution in [2.24, 2.45) is 11.8 Å².